The molecule has 3 rings (SSSR count). The lowest BCUT2D eigenvalue weighted by molar-refractivity contribution is 0.633. The zero-order valence-corrected chi connectivity index (χ0v) is 9.99. The molecule has 0 unspecified atom stereocenters. The predicted octanol–water partition coefficient (Wildman–Crippen LogP) is 2.66. The van der Waals surface area contributed by atoms with Crippen LogP contribution < -0.4 is 5.73 Å². The van der Waals surface area contributed by atoms with Crippen molar-refractivity contribution in [1.82, 2.24) is 14.8 Å². The van der Waals surface area contributed by atoms with Crippen LogP contribution in [0.1, 0.15) is 0 Å². The summed E-state index contributed by atoms with van der Waals surface area (Å²) in [5.41, 5.74) is 7.06. The summed E-state index contributed by atoms with van der Waals surface area (Å²) >= 11 is 0. The highest BCUT2D eigenvalue weighted by atomic mass is 19.1. The minimum absolute atomic E-state index is 0.117. The fraction of sp³-hybridized carbons (Fsp3) is 0. The molecule has 0 atom stereocenters. The van der Waals surface area contributed by atoms with Crippen molar-refractivity contribution < 1.29 is 4.39 Å². The average Bonchev–Trinajstić information content (AvgIpc) is 2.93. The van der Waals surface area contributed by atoms with Gasteiger partial charge in [-0.3, -0.25) is 0 Å². The van der Waals surface area contributed by atoms with Crippen LogP contribution in [0.2, 0.25) is 0 Å². The van der Waals surface area contributed by atoms with Gasteiger partial charge in [-0.05, 0) is 30.3 Å². The molecule has 0 saturated carbocycles. The standard InChI is InChI=1S/C14H11FN4/c15-12-8-10(6-7-13(12)16)14-17-9-19(18-14)11-4-2-1-3-5-11/h1-9H,16H2. The molecule has 1 aromatic heterocycles. The SMILES string of the molecule is Nc1ccc(-c2ncn(-c3ccccc3)n2)cc1F. The summed E-state index contributed by atoms with van der Waals surface area (Å²) in [7, 11) is 0. The third-order valence-electron chi connectivity index (χ3n) is 2.77. The fourth-order valence-electron chi connectivity index (χ4n) is 1.77. The largest absolute Gasteiger partial charge is 0.396 e. The molecule has 0 fully saturated rings. The van der Waals surface area contributed by atoms with Crippen LogP contribution in [0.25, 0.3) is 17.1 Å². The maximum absolute atomic E-state index is 13.4. The highest BCUT2D eigenvalue weighted by Gasteiger charge is 2.07. The lowest BCUT2D eigenvalue weighted by atomic mass is 10.2. The van der Waals surface area contributed by atoms with Crippen LogP contribution in [0.15, 0.2) is 54.9 Å². The summed E-state index contributed by atoms with van der Waals surface area (Å²) in [4.78, 5) is 4.18. The number of nitrogens with zero attached hydrogens (tertiary/aromatic N) is 3. The Balaban J connectivity index is 1.99. The monoisotopic (exact) mass is 254 g/mol. The topological polar surface area (TPSA) is 56.7 Å². The molecule has 2 aromatic carbocycles. The van der Waals surface area contributed by atoms with Gasteiger partial charge in [0.2, 0.25) is 0 Å². The van der Waals surface area contributed by atoms with E-state index in [1.54, 1.807) is 17.1 Å². The van der Waals surface area contributed by atoms with E-state index < -0.39 is 5.82 Å². The fourth-order valence-corrected chi connectivity index (χ4v) is 1.77. The van der Waals surface area contributed by atoms with Gasteiger partial charge in [-0.1, -0.05) is 18.2 Å². The minimum Gasteiger partial charge on any atom is -0.396 e. The molecule has 0 radical (unpaired) electrons. The Hall–Kier alpha value is -2.69. The minimum atomic E-state index is -0.464. The summed E-state index contributed by atoms with van der Waals surface area (Å²) in [5.74, 6) is -0.00341. The van der Waals surface area contributed by atoms with Gasteiger partial charge >= 0.3 is 0 Å². The van der Waals surface area contributed by atoms with Crippen molar-refractivity contribution in [2.45, 2.75) is 0 Å². The van der Waals surface area contributed by atoms with Crippen molar-refractivity contribution in [2.75, 3.05) is 5.73 Å². The van der Waals surface area contributed by atoms with Crippen molar-refractivity contribution >= 4 is 5.69 Å². The van der Waals surface area contributed by atoms with Crippen molar-refractivity contribution in [3.63, 3.8) is 0 Å². The van der Waals surface area contributed by atoms with E-state index in [-0.39, 0.29) is 5.69 Å². The first-order valence-corrected chi connectivity index (χ1v) is 5.76. The van der Waals surface area contributed by atoms with Crippen molar-refractivity contribution in [2.24, 2.45) is 0 Å². The zero-order chi connectivity index (χ0) is 13.2. The van der Waals surface area contributed by atoms with Crippen molar-refractivity contribution in [3.05, 3.63) is 60.7 Å². The molecule has 0 aliphatic rings. The Kier molecular flexibility index (Phi) is 2.72. The zero-order valence-electron chi connectivity index (χ0n) is 9.99. The first kappa shape index (κ1) is 11.4. The van der Waals surface area contributed by atoms with E-state index in [1.807, 2.05) is 30.3 Å². The van der Waals surface area contributed by atoms with E-state index in [0.29, 0.717) is 11.4 Å². The van der Waals surface area contributed by atoms with Crippen LogP contribution in [0, 0.1) is 5.82 Å². The van der Waals surface area contributed by atoms with Gasteiger partial charge in [-0.15, -0.1) is 5.10 Å². The summed E-state index contributed by atoms with van der Waals surface area (Å²) < 4.78 is 15.0. The third kappa shape index (κ3) is 2.18. The van der Waals surface area contributed by atoms with E-state index >= 15 is 0 Å². The molecule has 1 heterocycles. The first-order valence-electron chi connectivity index (χ1n) is 5.76. The van der Waals surface area contributed by atoms with E-state index in [9.17, 15) is 4.39 Å². The molecule has 0 amide bonds. The molecule has 0 saturated heterocycles. The maximum Gasteiger partial charge on any atom is 0.181 e. The highest BCUT2D eigenvalue weighted by Crippen LogP contribution is 2.20. The van der Waals surface area contributed by atoms with Crippen LogP contribution in [0.5, 0.6) is 0 Å². The molecule has 4 nitrogen and oxygen atoms in total. The average molecular weight is 254 g/mol. The Morgan fingerprint density at radius 3 is 2.58 bits per heavy atom. The molecule has 0 aliphatic carbocycles. The third-order valence-corrected chi connectivity index (χ3v) is 2.77. The molecule has 0 aliphatic heterocycles. The molecule has 19 heavy (non-hydrogen) atoms. The number of aromatic nitrogens is 3. The second kappa shape index (κ2) is 4.53. The van der Waals surface area contributed by atoms with Crippen molar-refractivity contribution in [3.8, 4) is 17.1 Å². The van der Waals surface area contributed by atoms with E-state index in [4.69, 9.17) is 5.73 Å². The predicted molar refractivity (Wildman–Crippen MR) is 71.2 cm³/mol. The lowest BCUT2D eigenvalue weighted by Crippen LogP contribution is -1.95. The summed E-state index contributed by atoms with van der Waals surface area (Å²) in [6.07, 6.45) is 1.60. The van der Waals surface area contributed by atoms with Gasteiger partial charge in [0, 0.05) is 5.56 Å². The van der Waals surface area contributed by atoms with Gasteiger partial charge in [0.25, 0.3) is 0 Å². The second-order valence-electron chi connectivity index (χ2n) is 4.08. The van der Waals surface area contributed by atoms with Gasteiger partial charge in [-0.2, -0.15) is 0 Å². The van der Waals surface area contributed by atoms with E-state index in [1.165, 1.54) is 12.1 Å². The Morgan fingerprint density at radius 2 is 1.84 bits per heavy atom. The molecule has 5 heteroatoms. The smallest absolute Gasteiger partial charge is 0.181 e. The normalized spacial score (nSPS) is 10.6. The number of nitrogens with two attached hydrogens (primary N) is 1. The summed E-state index contributed by atoms with van der Waals surface area (Å²) in [6, 6.07) is 14.1. The number of hydrogen-bond acceptors (Lipinski definition) is 3. The Labute approximate surface area is 109 Å². The number of benzene rings is 2. The molecule has 0 spiro atoms. The van der Waals surface area contributed by atoms with Gasteiger partial charge in [0.15, 0.2) is 5.82 Å². The second-order valence-corrected chi connectivity index (χ2v) is 4.08. The Bertz CT molecular complexity index is 706. The van der Waals surface area contributed by atoms with Crippen LogP contribution in [0.4, 0.5) is 10.1 Å². The molecular formula is C14H11FN4. The van der Waals surface area contributed by atoms with Gasteiger partial charge < -0.3 is 5.73 Å². The number of rotatable bonds is 2. The highest BCUT2D eigenvalue weighted by molar-refractivity contribution is 5.59. The Morgan fingerprint density at radius 1 is 1.05 bits per heavy atom. The summed E-state index contributed by atoms with van der Waals surface area (Å²) in [5, 5.41) is 4.32. The lowest BCUT2D eigenvalue weighted by Gasteiger charge is -2.00. The molecule has 2 N–H and O–H groups in total. The quantitative estimate of drug-likeness (QED) is 0.715. The number of hydrogen-bond donors (Lipinski definition) is 1. The molecule has 3 aromatic rings. The van der Waals surface area contributed by atoms with Gasteiger partial charge in [0.1, 0.15) is 12.1 Å². The summed E-state index contributed by atoms with van der Waals surface area (Å²) in [6.45, 7) is 0. The van der Waals surface area contributed by atoms with Crippen LogP contribution in [0.3, 0.4) is 0 Å². The molecule has 94 valence electrons. The van der Waals surface area contributed by atoms with Crippen LogP contribution >= 0.6 is 0 Å². The van der Waals surface area contributed by atoms with E-state index in [2.05, 4.69) is 10.1 Å². The first-order chi connectivity index (χ1) is 9.24. The van der Waals surface area contributed by atoms with Gasteiger partial charge in [0.05, 0.1) is 11.4 Å². The van der Waals surface area contributed by atoms with Gasteiger partial charge in [-0.25, -0.2) is 14.1 Å². The molecular weight excluding hydrogens is 243 g/mol. The maximum atomic E-state index is 13.4. The van der Waals surface area contributed by atoms with Crippen LogP contribution in [-0.2, 0) is 0 Å². The van der Waals surface area contributed by atoms with E-state index in [0.717, 1.165) is 5.69 Å². The number of halogens is 1. The molecule has 0 bridgehead atoms. The number of nitrogen functional groups attached to an aromatic ring is 1. The number of anilines is 1. The van der Waals surface area contributed by atoms with Crippen LogP contribution in [-0.4, -0.2) is 14.8 Å². The number of para-hydroxylation sites is 1. The van der Waals surface area contributed by atoms with Crippen molar-refractivity contribution in [1.29, 1.82) is 0 Å².